The molecule has 6 nitrogen and oxygen atoms in total. The molecule has 23 heavy (non-hydrogen) atoms. The maximum atomic E-state index is 6.33. The number of thioether (sulfide) groups is 1. The number of benzene rings is 1. The smallest absolute Gasteiger partial charge is 0.222 e. The van der Waals surface area contributed by atoms with Crippen LogP contribution in [0.1, 0.15) is 30.9 Å². The normalized spacial score (nSPS) is 17.1. The average Bonchev–Trinajstić information content (AvgIpc) is 3.32. The van der Waals surface area contributed by atoms with Gasteiger partial charge in [0.2, 0.25) is 5.95 Å². The second-order valence-electron chi connectivity index (χ2n) is 5.69. The van der Waals surface area contributed by atoms with Crippen LogP contribution in [0.15, 0.2) is 17.3 Å². The Bertz CT molecular complexity index is 733. The van der Waals surface area contributed by atoms with E-state index in [1.165, 1.54) is 0 Å². The van der Waals surface area contributed by atoms with Gasteiger partial charge in [0.1, 0.15) is 0 Å². The third-order valence-electron chi connectivity index (χ3n) is 3.83. The Morgan fingerprint density at radius 1 is 1.26 bits per heavy atom. The number of nitrogen functional groups attached to an aromatic ring is 1. The van der Waals surface area contributed by atoms with Crippen LogP contribution in [-0.4, -0.2) is 28.0 Å². The molecule has 1 fully saturated rings. The number of nitrogens with two attached hydrogens (primary N) is 1. The van der Waals surface area contributed by atoms with E-state index in [1.54, 1.807) is 11.8 Å². The lowest BCUT2D eigenvalue weighted by Crippen LogP contribution is -2.02. The van der Waals surface area contributed by atoms with Crippen molar-refractivity contribution in [2.75, 3.05) is 18.9 Å². The number of halogens is 1. The quantitative estimate of drug-likeness (QED) is 0.851. The number of anilines is 1. The van der Waals surface area contributed by atoms with E-state index in [9.17, 15) is 0 Å². The highest BCUT2D eigenvalue weighted by Gasteiger charge is 2.29. The molecule has 0 spiro atoms. The van der Waals surface area contributed by atoms with Crippen LogP contribution in [0.2, 0.25) is 5.02 Å². The van der Waals surface area contributed by atoms with Gasteiger partial charge in [-0.15, -0.1) is 10.2 Å². The first kappa shape index (κ1) is 15.0. The van der Waals surface area contributed by atoms with Gasteiger partial charge in [-0.2, -0.15) is 0 Å². The fourth-order valence-corrected chi connectivity index (χ4v) is 3.81. The van der Waals surface area contributed by atoms with Crippen molar-refractivity contribution >= 4 is 29.3 Å². The first-order chi connectivity index (χ1) is 11.2. The van der Waals surface area contributed by atoms with Gasteiger partial charge in [0.15, 0.2) is 16.7 Å². The van der Waals surface area contributed by atoms with Crippen LogP contribution in [0.3, 0.4) is 0 Å². The molecule has 1 aromatic carbocycles. The Morgan fingerprint density at radius 3 is 2.91 bits per heavy atom. The molecule has 122 valence electrons. The van der Waals surface area contributed by atoms with Gasteiger partial charge in [0, 0.05) is 18.2 Å². The molecule has 0 amide bonds. The van der Waals surface area contributed by atoms with Crippen molar-refractivity contribution in [2.24, 2.45) is 0 Å². The van der Waals surface area contributed by atoms with Crippen LogP contribution in [0.25, 0.3) is 0 Å². The van der Waals surface area contributed by atoms with Gasteiger partial charge in [-0.3, -0.25) is 4.57 Å². The zero-order valence-corrected chi connectivity index (χ0v) is 14.1. The van der Waals surface area contributed by atoms with E-state index < -0.39 is 0 Å². The molecule has 0 bridgehead atoms. The molecule has 1 aromatic heterocycles. The minimum absolute atomic E-state index is 0.458. The van der Waals surface area contributed by atoms with E-state index in [1.807, 2.05) is 16.7 Å². The van der Waals surface area contributed by atoms with E-state index >= 15 is 0 Å². The fraction of sp³-hybridized carbons (Fsp3) is 0.467. The molecule has 2 aromatic rings. The Balaban J connectivity index is 1.53. The molecule has 8 heteroatoms. The average molecular weight is 353 g/mol. The second-order valence-corrected chi connectivity index (χ2v) is 7.04. The van der Waals surface area contributed by atoms with Crippen LogP contribution in [0.5, 0.6) is 11.5 Å². The number of hydrogen-bond acceptors (Lipinski definition) is 6. The van der Waals surface area contributed by atoms with Crippen molar-refractivity contribution in [2.45, 2.75) is 36.2 Å². The first-order valence-corrected chi connectivity index (χ1v) is 9.00. The monoisotopic (exact) mass is 352 g/mol. The van der Waals surface area contributed by atoms with E-state index in [2.05, 4.69) is 10.2 Å². The zero-order chi connectivity index (χ0) is 15.8. The number of aromatic nitrogens is 3. The molecule has 0 unspecified atom stereocenters. The number of ether oxygens (including phenoxy) is 2. The number of fused-ring (bicyclic) bond motifs is 1. The molecule has 0 atom stereocenters. The van der Waals surface area contributed by atoms with Gasteiger partial charge in [0.05, 0.1) is 18.2 Å². The van der Waals surface area contributed by atoms with E-state index in [4.69, 9.17) is 26.8 Å². The van der Waals surface area contributed by atoms with Crippen molar-refractivity contribution in [3.8, 4) is 11.5 Å². The van der Waals surface area contributed by atoms with Crippen molar-refractivity contribution in [1.29, 1.82) is 0 Å². The fourth-order valence-electron chi connectivity index (χ4n) is 2.58. The number of nitrogens with zero attached hydrogens (tertiary/aromatic N) is 3. The number of hydrogen-bond donors (Lipinski definition) is 1. The first-order valence-electron chi connectivity index (χ1n) is 7.63. The van der Waals surface area contributed by atoms with Crippen LogP contribution in [0.4, 0.5) is 5.95 Å². The standard InChI is InChI=1S/C15H17ClN4O2S/c16-11-6-9(7-12-13(11)22-5-1-4-21-12)8-23-15-19-18-14(17)20(15)10-2-3-10/h6-7,10H,1-5,8H2,(H2,17,18). The molecule has 1 aliphatic heterocycles. The summed E-state index contributed by atoms with van der Waals surface area (Å²) in [6, 6.07) is 4.36. The Kier molecular flexibility index (Phi) is 3.98. The summed E-state index contributed by atoms with van der Waals surface area (Å²) in [5.74, 6) is 2.57. The van der Waals surface area contributed by atoms with Gasteiger partial charge in [-0.1, -0.05) is 23.4 Å². The van der Waals surface area contributed by atoms with E-state index in [-0.39, 0.29) is 0 Å². The van der Waals surface area contributed by atoms with E-state index in [0.717, 1.165) is 35.7 Å². The van der Waals surface area contributed by atoms with Crippen molar-refractivity contribution in [1.82, 2.24) is 14.8 Å². The van der Waals surface area contributed by atoms with Crippen molar-refractivity contribution < 1.29 is 9.47 Å². The molecular formula is C15H17ClN4O2S. The summed E-state index contributed by atoms with van der Waals surface area (Å²) in [5, 5.41) is 9.61. The predicted molar refractivity (Wildman–Crippen MR) is 89.3 cm³/mol. The Labute approximate surface area is 143 Å². The highest BCUT2D eigenvalue weighted by atomic mass is 35.5. The Hall–Kier alpha value is -1.60. The van der Waals surface area contributed by atoms with Gasteiger partial charge < -0.3 is 15.2 Å². The maximum Gasteiger partial charge on any atom is 0.222 e. The summed E-state index contributed by atoms with van der Waals surface area (Å²) in [6.45, 7) is 1.27. The minimum Gasteiger partial charge on any atom is -0.489 e. The third kappa shape index (κ3) is 3.07. The van der Waals surface area contributed by atoms with Gasteiger partial charge >= 0.3 is 0 Å². The molecule has 2 aliphatic rings. The van der Waals surface area contributed by atoms with Crippen LogP contribution in [0, 0.1) is 0 Å². The summed E-state index contributed by atoms with van der Waals surface area (Å²) in [7, 11) is 0. The van der Waals surface area contributed by atoms with Gasteiger partial charge in [0.25, 0.3) is 0 Å². The summed E-state index contributed by atoms with van der Waals surface area (Å²) in [4.78, 5) is 0. The van der Waals surface area contributed by atoms with Crippen molar-refractivity contribution in [3.63, 3.8) is 0 Å². The molecule has 1 saturated carbocycles. The molecular weight excluding hydrogens is 336 g/mol. The van der Waals surface area contributed by atoms with Crippen LogP contribution >= 0.6 is 23.4 Å². The number of rotatable bonds is 4. The highest BCUT2D eigenvalue weighted by molar-refractivity contribution is 7.98. The summed E-state index contributed by atoms with van der Waals surface area (Å²) in [5.41, 5.74) is 6.97. The zero-order valence-electron chi connectivity index (χ0n) is 12.5. The van der Waals surface area contributed by atoms with Crippen LogP contribution in [-0.2, 0) is 5.75 Å². The summed E-state index contributed by atoms with van der Waals surface area (Å²) < 4.78 is 13.4. The molecule has 1 aliphatic carbocycles. The molecule has 2 heterocycles. The van der Waals surface area contributed by atoms with E-state index in [0.29, 0.717) is 41.7 Å². The lowest BCUT2D eigenvalue weighted by Gasteiger charge is -2.11. The summed E-state index contributed by atoms with van der Waals surface area (Å²) >= 11 is 7.94. The molecule has 0 saturated heterocycles. The lowest BCUT2D eigenvalue weighted by molar-refractivity contribution is 0.297. The molecule has 4 rings (SSSR count). The molecule has 2 N–H and O–H groups in total. The van der Waals surface area contributed by atoms with Crippen molar-refractivity contribution in [3.05, 3.63) is 22.7 Å². The third-order valence-corrected chi connectivity index (χ3v) is 5.13. The largest absolute Gasteiger partial charge is 0.489 e. The lowest BCUT2D eigenvalue weighted by atomic mass is 10.2. The second kappa shape index (κ2) is 6.13. The van der Waals surface area contributed by atoms with Crippen LogP contribution < -0.4 is 15.2 Å². The molecule has 0 radical (unpaired) electrons. The Morgan fingerprint density at radius 2 is 2.09 bits per heavy atom. The topological polar surface area (TPSA) is 75.2 Å². The van der Waals surface area contributed by atoms with Gasteiger partial charge in [-0.05, 0) is 30.5 Å². The minimum atomic E-state index is 0.458. The predicted octanol–water partition coefficient (Wildman–Crippen LogP) is 3.30. The highest BCUT2D eigenvalue weighted by Crippen LogP contribution is 2.41. The maximum absolute atomic E-state index is 6.33. The summed E-state index contributed by atoms with van der Waals surface area (Å²) in [6.07, 6.45) is 3.15. The SMILES string of the molecule is Nc1nnc(SCc2cc(Cl)c3c(c2)OCCCO3)n1C1CC1. The van der Waals surface area contributed by atoms with Gasteiger partial charge in [-0.25, -0.2) is 0 Å².